The fourth-order valence-electron chi connectivity index (χ4n) is 8.04. The molecule has 2 aromatic heterocycles. The van der Waals surface area contributed by atoms with Gasteiger partial charge in [-0.3, -0.25) is 24.5 Å². The minimum Gasteiger partial charge on any atom is -0.381 e. The summed E-state index contributed by atoms with van der Waals surface area (Å²) in [6.45, 7) is 5.57. The van der Waals surface area contributed by atoms with Crippen LogP contribution in [0.25, 0.3) is 32.2 Å². The average molecular weight is 866 g/mol. The highest BCUT2D eigenvalue weighted by Crippen LogP contribution is 2.43. The summed E-state index contributed by atoms with van der Waals surface area (Å²) in [5.41, 5.74) is 7.05. The van der Waals surface area contributed by atoms with Gasteiger partial charge in [-0.05, 0) is 61.2 Å². The first-order valence-corrected chi connectivity index (χ1v) is 21.7. The Balaban J connectivity index is 0.679. The predicted octanol–water partition coefficient (Wildman–Crippen LogP) is 3.92. The van der Waals surface area contributed by atoms with Gasteiger partial charge in [-0.15, -0.1) is 11.3 Å². The van der Waals surface area contributed by atoms with E-state index in [0.717, 1.165) is 60.4 Å². The van der Waals surface area contributed by atoms with Gasteiger partial charge in [-0.25, -0.2) is 4.98 Å². The van der Waals surface area contributed by atoms with E-state index in [9.17, 15) is 24.3 Å². The van der Waals surface area contributed by atoms with E-state index >= 15 is 0 Å². The lowest BCUT2D eigenvalue weighted by Crippen LogP contribution is -2.56. The van der Waals surface area contributed by atoms with Crippen LogP contribution in [0.2, 0.25) is 0 Å². The Hall–Kier alpha value is -5.69. The van der Waals surface area contributed by atoms with Crippen LogP contribution < -0.4 is 31.1 Å². The molecule has 17 heteroatoms. The van der Waals surface area contributed by atoms with Gasteiger partial charge in [0.1, 0.15) is 17.5 Å². The molecular weight excluding hydrogens is 815 g/mol. The fraction of sp³-hybridized carbons (Fsp3) is 0.400. The highest BCUT2D eigenvalue weighted by molar-refractivity contribution is 7.21. The van der Waals surface area contributed by atoms with Crippen molar-refractivity contribution in [3.05, 3.63) is 82.7 Å². The molecule has 0 bridgehead atoms. The Kier molecular flexibility index (Phi) is 13.6. The smallest absolute Gasteiger partial charge is 0.263 e. The van der Waals surface area contributed by atoms with E-state index in [4.69, 9.17) is 23.9 Å². The summed E-state index contributed by atoms with van der Waals surface area (Å²) in [7, 11) is 1.78. The minimum absolute atomic E-state index is 0.0412. The lowest BCUT2D eigenvalue weighted by atomic mass is 10.0. The minimum atomic E-state index is -1.02. The van der Waals surface area contributed by atoms with Crippen LogP contribution in [0, 0.1) is 0 Å². The molecule has 3 aromatic carbocycles. The number of hydrogen-bond acceptors (Lipinski definition) is 14. The summed E-state index contributed by atoms with van der Waals surface area (Å²) in [5, 5.41) is 24.8. The zero-order valence-corrected chi connectivity index (χ0v) is 35.6. The fourth-order valence-corrected chi connectivity index (χ4v) is 9.13. The van der Waals surface area contributed by atoms with Crippen molar-refractivity contribution in [2.75, 3.05) is 81.6 Å². The van der Waals surface area contributed by atoms with Crippen LogP contribution in [0.5, 0.6) is 0 Å². The maximum absolute atomic E-state index is 12.8. The standard InChI is InChI=1S/C45H51N7O9S/c1-27-24-47-40-39-31-10-11-32(49-33(31)12-14-36(39)62-42(40)44(56)48-27)29-8-6-28(7-9-29)25-46-38(54)26-61-23-22-60-21-20-59-19-18-58-17-16-30-4-3-5-34-41(30)51(2)45(57)52(34)35-13-15-37(53)50-43(35)55/h3-12,14,27,35,45,47,57H,13,15-26H2,1-2H3,(H,46,54)(H,48,56)(H,50,53,55)/t27-,35?,45?/m1/s1. The molecule has 0 aliphatic carbocycles. The second-order valence-electron chi connectivity index (χ2n) is 15.5. The molecule has 5 aromatic rings. The van der Waals surface area contributed by atoms with Crippen LogP contribution in [-0.4, -0.2) is 119 Å². The number of amides is 4. The molecule has 3 atom stereocenters. The number of anilines is 3. The van der Waals surface area contributed by atoms with Gasteiger partial charge in [-0.1, -0.05) is 36.4 Å². The van der Waals surface area contributed by atoms with E-state index in [1.807, 2.05) is 67.6 Å². The lowest BCUT2D eigenvalue weighted by Gasteiger charge is -2.34. The van der Waals surface area contributed by atoms with Gasteiger partial charge in [-0.2, -0.15) is 0 Å². The first-order valence-electron chi connectivity index (χ1n) is 20.9. The summed E-state index contributed by atoms with van der Waals surface area (Å²) in [4.78, 5) is 58.4. The number of carbonyl (C=O) groups is 4. The molecule has 3 aliphatic heterocycles. The highest BCUT2D eigenvalue weighted by atomic mass is 32.1. The SMILES string of the molecule is C[C@@H]1CNc2c(sc3ccc4nc(-c5ccc(CNC(=O)COCCOCCOCCOCCc6cccc7c6N(C)C(O)N7C6CCC(=O)NC6=O)cc5)ccc4c23)C(=O)N1. The van der Waals surface area contributed by atoms with Crippen molar-refractivity contribution in [1.82, 2.24) is 20.9 Å². The molecule has 2 unspecified atom stereocenters. The van der Waals surface area contributed by atoms with Crippen LogP contribution in [0.4, 0.5) is 17.1 Å². The topological polar surface area (TPSA) is 193 Å². The molecule has 4 amide bonds. The zero-order chi connectivity index (χ0) is 43.2. The summed E-state index contributed by atoms with van der Waals surface area (Å²) in [6.07, 6.45) is 0.159. The third-order valence-electron chi connectivity index (χ3n) is 11.2. The number of nitrogens with one attached hydrogen (secondary N) is 4. The molecule has 8 rings (SSSR count). The van der Waals surface area contributed by atoms with Gasteiger partial charge >= 0.3 is 0 Å². The first-order chi connectivity index (χ1) is 30.2. The monoisotopic (exact) mass is 865 g/mol. The average Bonchev–Trinajstić information content (AvgIpc) is 3.73. The van der Waals surface area contributed by atoms with Crippen LogP contribution in [-0.2, 0) is 46.3 Å². The number of aromatic nitrogens is 1. The number of imide groups is 1. The Morgan fingerprint density at radius 1 is 0.919 bits per heavy atom. The van der Waals surface area contributed by atoms with Crippen LogP contribution >= 0.6 is 11.3 Å². The van der Waals surface area contributed by atoms with Gasteiger partial charge in [0.15, 0.2) is 0 Å². The molecular formula is C45H51N7O9S. The number of thiophene rings is 1. The second kappa shape index (κ2) is 19.6. The molecule has 3 aliphatic rings. The molecule has 0 radical (unpaired) electrons. The Labute approximate surface area is 362 Å². The normalized spacial score (nSPS) is 18.6. The number of nitrogens with zero attached hydrogens (tertiary/aromatic N) is 3. The molecule has 0 spiro atoms. The van der Waals surface area contributed by atoms with Crippen LogP contribution in [0.1, 0.15) is 40.6 Å². The largest absolute Gasteiger partial charge is 0.381 e. The van der Waals surface area contributed by atoms with E-state index in [1.165, 1.54) is 11.3 Å². The number of aliphatic hydroxyl groups is 1. The Morgan fingerprint density at radius 3 is 2.42 bits per heavy atom. The molecule has 5 N–H and O–H groups in total. The van der Waals surface area contributed by atoms with E-state index in [0.29, 0.717) is 70.4 Å². The number of hydrogen-bond donors (Lipinski definition) is 5. The van der Waals surface area contributed by atoms with Crippen molar-refractivity contribution in [3.63, 3.8) is 0 Å². The van der Waals surface area contributed by atoms with Crippen molar-refractivity contribution in [3.8, 4) is 11.3 Å². The summed E-state index contributed by atoms with van der Waals surface area (Å²) in [6, 6.07) is 21.2. The summed E-state index contributed by atoms with van der Waals surface area (Å²) >= 11 is 1.49. The van der Waals surface area contributed by atoms with E-state index < -0.39 is 18.3 Å². The number of rotatable bonds is 18. The predicted molar refractivity (Wildman–Crippen MR) is 236 cm³/mol. The quantitative estimate of drug-likeness (QED) is 0.0630. The number of carbonyl (C=O) groups excluding carboxylic acids is 4. The molecule has 16 nitrogen and oxygen atoms in total. The molecule has 0 saturated carbocycles. The van der Waals surface area contributed by atoms with Crippen molar-refractivity contribution in [1.29, 1.82) is 0 Å². The third kappa shape index (κ3) is 9.52. The lowest BCUT2D eigenvalue weighted by molar-refractivity contribution is -0.134. The first kappa shape index (κ1) is 43.0. The van der Waals surface area contributed by atoms with Gasteiger partial charge in [0.05, 0.1) is 74.5 Å². The van der Waals surface area contributed by atoms with Gasteiger partial charge in [0.2, 0.25) is 24.1 Å². The van der Waals surface area contributed by atoms with Crippen molar-refractivity contribution < 1.29 is 43.2 Å². The highest BCUT2D eigenvalue weighted by Gasteiger charge is 2.42. The van der Waals surface area contributed by atoms with E-state index in [2.05, 4.69) is 27.3 Å². The number of para-hydroxylation sites is 1. The van der Waals surface area contributed by atoms with Crippen molar-refractivity contribution >= 4 is 73.0 Å². The van der Waals surface area contributed by atoms with Crippen molar-refractivity contribution in [2.24, 2.45) is 0 Å². The Morgan fingerprint density at radius 2 is 1.66 bits per heavy atom. The van der Waals surface area contributed by atoms with Gasteiger partial charge in [0, 0.05) is 53.6 Å². The summed E-state index contributed by atoms with van der Waals surface area (Å²) in [5.74, 6) is -0.963. The number of fused-ring (bicyclic) bond motifs is 6. The summed E-state index contributed by atoms with van der Waals surface area (Å²) < 4.78 is 23.5. The zero-order valence-electron chi connectivity index (χ0n) is 34.7. The maximum Gasteiger partial charge on any atom is 0.263 e. The maximum atomic E-state index is 12.8. The number of pyridine rings is 1. The van der Waals surface area contributed by atoms with E-state index in [-0.39, 0.29) is 43.4 Å². The molecule has 62 heavy (non-hydrogen) atoms. The van der Waals surface area contributed by atoms with Crippen molar-refractivity contribution in [2.45, 2.75) is 51.2 Å². The molecule has 5 heterocycles. The van der Waals surface area contributed by atoms with Crippen LogP contribution in [0.3, 0.4) is 0 Å². The molecule has 1 fully saturated rings. The van der Waals surface area contributed by atoms with Gasteiger partial charge < -0.3 is 49.8 Å². The van der Waals surface area contributed by atoms with Gasteiger partial charge in [0.25, 0.3) is 5.91 Å². The number of piperidine rings is 1. The second-order valence-corrected chi connectivity index (χ2v) is 16.5. The molecule has 326 valence electrons. The van der Waals surface area contributed by atoms with Crippen LogP contribution in [0.15, 0.2) is 66.7 Å². The molecule has 1 saturated heterocycles. The number of ether oxygens (including phenoxy) is 4. The van der Waals surface area contributed by atoms with E-state index in [1.54, 1.807) is 16.8 Å². The number of benzene rings is 3. The third-order valence-corrected chi connectivity index (χ3v) is 12.3. The Bertz CT molecular complexity index is 2440. The number of aliphatic hydroxyl groups excluding tert-OH is 1.